The van der Waals surface area contributed by atoms with Gasteiger partial charge < -0.3 is 4.90 Å². The summed E-state index contributed by atoms with van der Waals surface area (Å²) >= 11 is 0. The van der Waals surface area contributed by atoms with Gasteiger partial charge in [0.05, 0.1) is 0 Å². The van der Waals surface area contributed by atoms with Gasteiger partial charge in [0.25, 0.3) is 0 Å². The number of hydrogen-bond donors (Lipinski definition) is 1. The van der Waals surface area contributed by atoms with Gasteiger partial charge in [-0.2, -0.15) is 5.10 Å². The molecule has 1 unspecified atom stereocenters. The van der Waals surface area contributed by atoms with Crippen LogP contribution in [0.15, 0.2) is 54.9 Å². The van der Waals surface area contributed by atoms with Crippen molar-refractivity contribution in [1.82, 2.24) is 25.1 Å². The van der Waals surface area contributed by atoms with Crippen LogP contribution in [0.5, 0.6) is 0 Å². The van der Waals surface area contributed by atoms with Crippen LogP contribution >= 0.6 is 0 Å². The number of likely N-dealkylation sites (tertiary alicyclic amines) is 1. The fourth-order valence-electron chi connectivity index (χ4n) is 3.17. The first-order valence-corrected chi connectivity index (χ1v) is 8.40. The Kier molecular flexibility index (Phi) is 4.24. The number of nitrogens with zero attached hydrogens (tertiary/aromatic N) is 4. The molecule has 0 spiro atoms. The van der Waals surface area contributed by atoms with Crippen LogP contribution in [0.4, 0.5) is 0 Å². The second kappa shape index (κ2) is 6.84. The number of rotatable bonds is 5. The third kappa shape index (κ3) is 3.57. The molecule has 1 aliphatic rings. The Morgan fingerprint density at radius 3 is 2.76 bits per heavy atom. The molecule has 1 amide bonds. The molecule has 1 N–H and O–H groups in total. The summed E-state index contributed by atoms with van der Waals surface area (Å²) in [7, 11) is 0. The zero-order chi connectivity index (χ0) is 17.1. The lowest BCUT2D eigenvalue weighted by Crippen LogP contribution is -2.24. The van der Waals surface area contributed by atoms with Gasteiger partial charge in [-0.05, 0) is 17.2 Å². The van der Waals surface area contributed by atoms with Gasteiger partial charge in [-0.15, -0.1) is 0 Å². The largest absolute Gasteiger partial charge is 0.338 e. The van der Waals surface area contributed by atoms with E-state index in [2.05, 4.69) is 32.3 Å². The lowest BCUT2D eigenvalue weighted by molar-refractivity contribution is -0.128. The molecular formula is C19H19N5O. The molecule has 1 saturated heterocycles. The fourth-order valence-corrected chi connectivity index (χ4v) is 3.17. The molecule has 2 aromatic heterocycles. The highest BCUT2D eigenvalue weighted by Crippen LogP contribution is 2.27. The zero-order valence-electron chi connectivity index (χ0n) is 13.8. The number of nitrogens with one attached hydrogen (secondary N) is 1. The van der Waals surface area contributed by atoms with Gasteiger partial charge in [0.2, 0.25) is 5.91 Å². The predicted octanol–water partition coefficient (Wildman–Crippen LogP) is 2.31. The van der Waals surface area contributed by atoms with E-state index in [1.54, 1.807) is 12.4 Å². The molecule has 0 bridgehead atoms. The summed E-state index contributed by atoms with van der Waals surface area (Å²) in [6, 6.07) is 14.0. The fraction of sp³-hybridized carbons (Fsp3) is 0.263. The summed E-state index contributed by atoms with van der Waals surface area (Å²) < 4.78 is 0. The van der Waals surface area contributed by atoms with Crippen LogP contribution in [0, 0.1) is 0 Å². The molecule has 0 saturated carbocycles. The summed E-state index contributed by atoms with van der Waals surface area (Å²) in [6.07, 6.45) is 4.71. The van der Waals surface area contributed by atoms with Crippen molar-refractivity contribution in [1.29, 1.82) is 0 Å². The minimum Gasteiger partial charge on any atom is -0.338 e. The van der Waals surface area contributed by atoms with Crippen LogP contribution in [0.25, 0.3) is 0 Å². The van der Waals surface area contributed by atoms with Gasteiger partial charge in [-0.1, -0.05) is 36.4 Å². The van der Waals surface area contributed by atoms with Crippen molar-refractivity contribution in [2.24, 2.45) is 0 Å². The Labute approximate surface area is 145 Å². The molecule has 0 aliphatic carbocycles. The van der Waals surface area contributed by atoms with E-state index in [1.807, 2.05) is 35.2 Å². The smallest absolute Gasteiger partial charge is 0.223 e. The first kappa shape index (κ1) is 15.5. The highest BCUT2D eigenvalue weighted by Gasteiger charge is 2.33. The normalized spacial score (nSPS) is 17.2. The van der Waals surface area contributed by atoms with E-state index in [0.29, 0.717) is 25.9 Å². The standard InChI is InChI=1S/C19H19N5O/c25-18-10-16(13-24(18)12-15-7-4-8-20-11-15)19-21-17(22-23-19)9-14-5-2-1-3-6-14/h1-8,11,16H,9-10,12-13H2,(H,21,22,23). The van der Waals surface area contributed by atoms with E-state index in [-0.39, 0.29) is 11.8 Å². The maximum absolute atomic E-state index is 12.3. The molecule has 3 aromatic rings. The summed E-state index contributed by atoms with van der Waals surface area (Å²) in [5, 5.41) is 7.35. The topological polar surface area (TPSA) is 74.8 Å². The van der Waals surface area contributed by atoms with Gasteiger partial charge in [-0.25, -0.2) is 4.98 Å². The van der Waals surface area contributed by atoms with Crippen LogP contribution in [0.2, 0.25) is 0 Å². The molecule has 0 radical (unpaired) electrons. The van der Waals surface area contributed by atoms with Crippen molar-refractivity contribution in [2.45, 2.75) is 25.3 Å². The third-order valence-corrected chi connectivity index (χ3v) is 4.44. The molecule has 1 aliphatic heterocycles. The van der Waals surface area contributed by atoms with Crippen LogP contribution in [0.1, 0.15) is 35.1 Å². The number of pyridine rings is 1. The summed E-state index contributed by atoms with van der Waals surface area (Å²) in [4.78, 5) is 22.9. The Balaban J connectivity index is 1.42. The molecule has 1 atom stereocenters. The van der Waals surface area contributed by atoms with Crippen LogP contribution in [-0.2, 0) is 17.8 Å². The SMILES string of the molecule is O=C1CC(c2n[nH]c(Cc3ccccc3)n2)CN1Cc1cccnc1. The number of H-pyrrole nitrogens is 1. The zero-order valence-corrected chi connectivity index (χ0v) is 13.8. The second-order valence-corrected chi connectivity index (χ2v) is 6.34. The van der Waals surface area contributed by atoms with E-state index in [9.17, 15) is 4.79 Å². The van der Waals surface area contributed by atoms with Crippen LogP contribution in [-0.4, -0.2) is 37.5 Å². The Hall–Kier alpha value is -3.02. The summed E-state index contributed by atoms with van der Waals surface area (Å²) in [5.41, 5.74) is 2.22. The molecule has 3 heterocycles. The van der Waals surface area contributed by atoms with E-state index < -0.39 is 0 Å². The highest BCUT2D eigenvalue weighted by atomic mass is 16.2. The van der Waals surface area contributed by atoms with Crippen molar-refractivity contribution < 1.29 is 4.79 Å². The van der Waals surface area contributed by atoms with Crippen LogP contribution < -0.4 is 0 Å². The quantitative estimate of drug-likeness (QED) is 0.777. The number of carbonyl (C=O) groups excluding carboxylic acids is 1. The molecule has 25 heavy (non-hydrogen) atoms. The Morgan fingerprint density at radius 1 is 1.12 bits per heavy atom. The van der Waals surface area contributed by atoms with E-state index in [4.69, 9.17) is 0 Å². The van der Waals surface area contributed by atoms with E-state index in [1.165, 1.54) is 5.56 Å². The second-order valence-electron chi connectivity index (χ2n) is 6.34. The van der Waals surface area contributed by atoms with Gasteiger partial charge >= 0.3 is 0 Å². The molecule has 1 fully saturated rings. The van der Waals surface area contributed by atoms with Gasteiger partial charge in [0, 0.05) is 44.2 Å². The molecule has 1 aromatic carbocycles. The third-order valence-electron chi connectivity index (χ3n) is 4.44. The minimum absolute atomic E-state index is 0.0462. The highest BCUT2D eigenvalue weighted by molar-refractivity contribution is 5.79. The number of amides is 1. The predicted molar refractivity (Wildman–Crippen MR) is 92.6 cm³/mol. The van der Waals surface area contributed by atoms with Crippen molar-refractivity contribution in [2.75, 3.05) is 6.54 Å². The van der Waals surface area contributed by atoms with Crippen molar-refractivity contribution in [3.63, 3.8) is 0 Å². The maximum atomic E-state index is 12.3. The van der Waals surface area contributed by atoms with Gasteiger partial charge in [0.15, 0.2) is 5.82 Å². The van der Waals surface area contributed by atoms with Crippen molar-refractivity contribution in [3.8, 4) is 0 Å². The monoisotopic (exact) mass is 333 g/mol. The number of hydrogen-bond acceptors (Lipinski definition) is 4. The Bertz CT molecular complexity index is 847. The minimum atomic E-state index is 0.0462. The first-order valence-electron chi connectivity index (χ1n) is 8.40. The maximum Gasteiger partial charge on any atom is 0.223 e. The average Bonchev–Trinajstić information content (AvgIpc) is 3.24. The number of aromatic nitrogens is 4. The first-order chi connectivity index (χ1) is 12.3. The lowest BCUT2D eigenvalue weighted by Gasteiger charge is -2.15. The lowest BCUT2D eigenvalue weighted by atomic mass is 10.1. The number of benzene rings is 1. The molecule has 126 valence electrons. The molecule has 6 heteroatoms. The van der Waals surface area contributed by atoms with Crippen LogP contribution in [0.3, 0.4) is 0 Å². The van der Waals surface area contributed by atoms with Gasteiger partial charge in [0.1, 0.15) is 5.82 Å². The summed E-state index contributed by atoms with van der Waals surface area (Å²) in [6.45, 7) is 1.24. The molecule has 4 rings (SSSR count). The van der Waals surface area contributed by atoms with E-state index in [0.717, 1.165) is 17.2 Å². The number of carbonyl (C=O) groups is 1. The average molecular weight is 333 g/mol. The summed E-state index contributed by atoms with van der Waals surface area (Å²) in [5.74, 6) is 1.75. The Morgan fingerprint density at radius 2 is 1.96 bits per heavy atom. The van der Waals surface area contributed by atoms with Gasteiger partial charge in [-0.3, -0.25) is 14.9 Å². The van der Waals surface area contributed by atoms with Crippen molar-refractivity contribution >= 4 is 5.91 Å². The van der Waals surface area contributed by atoms with E-state index >= 15 is 0 Å². The molecular weight excluding hydrogens is 314 g/mol. The molecule has 6 nitrogen and oxygen atoms in total. The van der Waals surface area contributed by atoms with Crippen molar-refractivity contribution in [3.05, 3.63) is 77.6 Å². The number of aromatic amines is 1.